The van der Waals surface area contributed by atoms with Crippen LogP contribution in [-0.4, -0.2) is 9.13 Å². The van der Waals surface area contributed by atoms with E-state index in [4.69, 9.17) is 0 Å². The molecule has 4 nitrogen and oxygen atoms in total. The largest absolute Gasteiger partial charge is 0.310 e. The molecule has 14 rings (SSSR count). The topological polar surface area (TPSA) is 16.3 Å². The lowest BCUT2D eigenvalue weighted by Gasteiger charge is -2.29. The van der Waals surface area contributed by atoms with E-state index in [1.165, 1.54) is 77.0 Å². The normalized spacial score (nSPS) is 12.6. The summed E-state index contributed by atoms with van der Waals surface area (Å²) in [7, 11) is 0. The molecule has 0 saturated carbocycles. The maximum absolute atomic E-state index is 2.44. The van der Waals surface area contributed by atoms with Crippen LogP contribution in [0.4, 0.5) is 34.1 Å². The second kappa shape index (κ2) is 16.9. The first-order valence-electron chi connectivity index (χ1n) is 25.3. The fraction of sp³-hybridized carbons (Fsp3) is 0.0435. The minimum Gasteiger partial charge on any atom is -0.310 e. The Hall–Kier alpha value is -9.38. The summed E-state index contributed by atoms with van der Waals surface area (Å²) < 4.78 is 4.78. The second-order valence-corrected chi connectivity index (χ2v) is 19.8. The first kappa shape index (κ1) is 42.5. The van der Waals surface area contributed by atoms with Crippen molar-refractivity contribution in [2.24, 2.45) is 0 Å². The molecule has 2 aromatic heterocycles. The van der Waals surface area contributed by atoms with E-state index < -0.39 is 0 Å². The Morgan fingerprint density at radius 3 is 1.12 bits per heavy atom. The molecule has 0 saturated heterocycles. The van der Waals surface area contributed by atoms with Crippen LogP contribution in [0.2, 0.25) is 0 Å². The highest BCUT2D eigenvalue weighted by atomic mass is 15.1. The van der Waals surface area contributed by atoms with Gasteiger partial charge in [0.25, 0.3) is 0 Å². The Morgan fingerprint density at radius 2 is 0.630 bits per heavy atom. The Labute approximate surface area is 425 Å². The van der Waals surface area contributed by atoms with Crippen LogP contribution in [0.1, 0.15) is 25.0 Å². The molecule has 1 aliphatic rings. The van der Waals surface area contributed by atoms with Crippen LogP contribution in [0.25, 0.3) is 77.2 Å². The number of fused-ring (bicyclic) bond motifs is 9. The smallest absolute Gasteiger partial charge is 0.0547 e. The van der Waals surface area contributed by atoms with Crippen molar-refractivity contribution in [3.05, 3.63) is 278 Å². The first-order chi connectivity index (χ1) is 36.0. The number of hydrogen-bond donors (Lipinski definition) is 0. The lowest BCUT2D eigenvalue weighted by molar-refractivity contribution is 0.660. The fourth-order valence-corrected chi connectivity index (χ4v) is 11.8. The van der Waals surface area contributed by atoms with E-state index in [2.05, 4.69) is 300 Å². The second-order valence-electron chi connectivity index (χ2n) is 19.8. The van der Waals surface area contributed by atoms with E-state index >= 15 is 0 Å². The summed E-state index contributed by atoms with van der Waals surface area (Å²) in [5, 5.41) is 5.01. The quantitative estimate of drug-likeness (QED) is 0.143. The highest BCUT2D eigenvalue weighted by molar-refractivity contribution is 6.11. The molecular formula is C69H50N4. The van der Waals surface area contributed by atoms with Crippen molar-refractivity contribution in [1.29, 1.82) is 0 Å². The van der Waals surface area contributed by atoms with E-state index in [9.17, 15) is 0 Å². The maximum atomic E-state index is 2.44. The molecule has 0 bridgehead atoms. The molecule has 0 amide bonds. The van der Waals surface area contributed by atoms with Crippen molar-refractivity contribution in [2.45, 2.75) is 19.3 Å². The monoisotopic (exact) mass is 934 g/mol. The molecule has 2 heterocycles. The predicted molar refractivity (Wildman–Crippen MR) is 307 cm³/mol. The van der Waals surface area contributed by atoms with Crippen molar-refractivity contribution in [2.75, 3.05) is 9.80 Å². The van der Waals surface area contributed by atoms with Crippen molar-refractivity contribution >= 4 is 77.7 Å². The average Bonchev–Trinajstić information content (AvgIpc) is 4.05. The van der Waals surface area contributed by atoms with Gasteiger partial charge in [-0.25, -0.2) is 0 Å². The molecule has 0 spiro atoms. The van der Waals surface area contributed by atoms with Crippen molar-refractivity contribution < 1.29 is 0 Å². The third-order valence-corrected chi connectivity index (χ3v) is 15.3. The summed E-state index contributed by atoms with van der Waals surface area (Å²) in [4.78, 5) is 4.79. The van der Waals surface area contributed by atoms with Crippen LogP contribution in [0, 0.1) is 0 Å². The number of rotatable bonds is 9. The van der Waals surface area contributed by atoms with E-state index in [0.717, 1.165) is 45.5 Å². The van der Waals surface area contributed by atoms with Crippen LogP contribution < -0.4 is 9.80 Å². The molecule has 11 aromatic carbocycles. The van der Waals surface area contributed by atoms with E-state index in [1.54, 1.807) is 0 Å². The van der Waals surface area contributed by atoms with Gasteiger partial charge in [-0.15, -0.1) is 0 Å². The minimum atomic E-state index is -0.271. The molecule has 0 fully saturated rings. The Balaban J connectivity index is 0.880. The van der Waals surface area contributed by atoms with Gasteiger partial charge >= 0.3 is 0 Å². The molecule has 4 heteroatoms. The Kier molecular flexibility index (Phi) is 9.84. The number of para-hydroxylation sites is 6. The highest BCUT2D eigenvalue weighted by Crippen LogP contribution is 2.53. The summed E-state index contributed by atoms with van der Waals surface area (Å²) in [6.07, 6.45) is 0. The summed E-state index contributed by atoms with van der Waals surface area (Å²) >= 11 is 0. The summed E-state index contributed by atoms with van der Waals surface area (Å²) in [5.74, 6) is 0. The maximum Gasteiger partial charge on any atom is 0.0547 e. The van der Waals surface area contributed by atoms with Crippen molar-refractivity contribution in [3.63, 3.8) is 0 Å². The molecule has 1 aliphatic carbocycles. The van der Waals surface area contributed by atoms with Gasteiger partial charge in [-0.3, -0.25) is 0 Å². The third-order valence-electron chi connectivity index (χ3n) is 15.3. The van der Waals surface area contributed by atoms with Gasteiger partial charge in [-0.05, 0) is 155 Å². The highest BCUT2D eigenvalue weighted by Gasteiger charge is 2.37. The van der Waals surface area contributed by atoms with Crippen LogP contribution in [0.3, 0.4) is 0 Å². The van der Waals surface area contributed by atoms with Crippen LogP contribution in [0.15, 0.2) is 267 Å². The zero-order valence-corrected chi connectivity index (χ0v) is 40.7. The zero-order valence-electron chi connectivity index (χ0n) is 40.7. The Morgan fingerprint density at radius 1 is 0.274 bits per heavy atom. The minimum absolute atomic E-state index is 0.271. The van der Waals surface area contributed by atoms with Gasteiger partial charge in [0.1, 0.15) is 0 Å². The SMILES string of the molecule is CC1(C)c2cc(N(c3ccccc3)c3ccccc3)ccc2-c2ccc(N(c3ccc(-c4ccc5c6ccccc6n(-c6ccccc6)c5c4)cc3)c3ccc(-n4c5ccccc5c5ccccc54)cc3)cc21. The predicted octanol–water partition coefficient (Wildman–Crippen LogP) is 18.8. The molecule has 0 N–H and O–H groups in total. The van der Waals surface area contributed by atoms with Crippen LogP contribution in [0.5, 0.6) is 0 Å². The van der Waals surface area contributed by atoms with Crippen molar-refractivity contribution in [1.82, 2.24) is 9.13 Å². The van der Waals surface area contributed by atoms with Gasteiger partial charge in [0.15, 0.2) is 0 Å². The Bertz CT molecular complexity index is 4110. The summed E-state index contributed by atoms with van der Waals surface area (Å²) in [6.45, 7) is 4.77. The van der Waals surface area contributed by atoms with Gasteiger partial charge < -0.3 is 18.9 Å². The van der Waals surface area contributed by atoms with Crippen LogP contribution >= 0.6 is 0 Å². The van der Waals surface area contributed by atoms with E-state index in [0.29, 0.717) is 0 Å². The molecule has 73 heavy (non-hydrogen) atoms. The lowest BCUT2D eigenvalue weighted by atomic mass is 9.82. The summed E-state index contributed by atoms with van der Waals surface area (Å²) in [5.41, 5.74) is 21.0. The molecule has 0 radical (unpaired) electrons. The molecule has 0 unspecified atom stereocenters. The molecule has 13 aromatic rings. The molecule has 346 valence electrons. The zero-order chi connectivity index (χ0) is 48.6. The molecule has 0 aliphatic heterocycles. The van der Waals surface area contributed by atoms with E-state index in [-0.39, 0.29) is 5.41 Å². The fourth-order valence-electron chi connectivity index (χ4n) is 11.8. The molecular weight excluding hydrogens is 885 g/mol. The van der Waals surface area contributed by atoms with Gasteiger partial charge in [0.2, 0.25) is 0 Å². The number of benzene rings is 11. The standard InChI is InChI=1S/C69H50N4/c1-69(2)63-45-55(70(49-18-6-3-7-19-49)50-20-8-4-9-21-50)39-42-57(63)58-43-40-56(46-64(58)69)71(53-35-37-54(38-36-53)72-65-27-15-12-24-59(65)60-25-13-16-28-66(60)72)52-33-30-47(31-34-52)48-32-41-62-61-26-14-17-29-67(61)73(68(62)44-48)51-22-10-5-11-23-51/h3-46H,1-2H3. The average molecular weight is 935 g/mol. The number of anilines is 6. The van der Waals surface area contributed by atoms with E-state index in [1.807, 2.05) is 0 Å². The van der Waals surface area contributed by atoms with Crippen molar-refractivity contribution in [3.8, 4) is 33.6 Å². The number of hydrogen-bond acceptors (Lipinski definition) is 2. The van der Waals surface area contributed by atoms with Gasteiger partial charge in [-0.1, -0.05) is 159 Å². The lowest BCUT2D eigenvalue weighted by Crippen LogP contribution is -2.17. The van der Waals surface area contributed by atoms with Crippen LogP contribution in [-0.2, 0) is 5.41 Å². The summed E-state index contributed by atoms with van der Waals surface area (Å²) in [6, 6.07) is 97.5. The van der Waals surface area contributed by atoms with Gasteiger partial charge in [-0.2, -0.15) is 0 Å². The van der Waals surface area contributed by atoms with Gasteiger partial charge in [0, 0.05) is 72.5 Å². The van der Waals surface area contributed by atoms with Gasteiger partial charge in [0.05, 0.1) is 22.1 Å². The number of aromatic nitrogens is 2. The third kappa shape index (κ3) is 6.90. The molecule has 0 atom stereocenters. The first-order valence-corrected chi connectivity index (χ1v) is 25.3. The number of nitrogens with zero attached hydrogens (tertiary/aromatic N) is 4.